The maximum absolute atomic E-state index is 11.7. The van der Waals surface area contributed by atoms with Crippen molar-refractivity contribution in [3.63, 3.8) is 0 Å². The zero-order valence-electron chi connectivity index (χ0n) is 12.5. The van der Waals surface area contributed by atoms with Crippen LogP contribution >= 0.6 is 0 Å². The van der Waals surface area contributed by atoms with Crippen LogP contribution in [-0.2, 0) is 4.74 Å². The van der Waals surface area contributed by atoms with Gasteiger partial charge in [-0.1, -0.05) is 0 Å². The summed E-state index contributed by atoms with van der Waals surface area (Å²) >= 11 is 0. The predicted molar refractivity (Wildman–Crippen MR) is 83.0 cm³/mol. The van der Waals surface area contributed by atoms with Crippen molar-refractivity contribution in [1.82, 2.24) is 0 Å². The zero-order valence-corrected chi connectivity index (χ0v) is 12.5. The Morgan fingerprint density at radius 2 is 1.77 bits per heavy atom. The number of anilines is 2. The van der Waals surface area contributed by atoms with E-state index < -0.39 is 0 Å². The molecule has 0 saturated carbocycles. The van der Waals surface area contributed by atoms with Crippen molar-refractivity contribution in [3.05, 3.63) is 48.0 Å². The molecule has 0 N–H and O–H groups in total. The van der Waals surface area contributed by atoms with Crippen molar-refractivity contribution in [3.8, 4) is 11.5 Å². The van der Waals surface area contributed by atoms with Crippen LogP contribution < -0.4 is 14.4 Å². The highest BCUT2D eigenvalue weighted by Gasteiger charge is 2.15. The summed E-state index contributed by atoms with van der Waals surface area (Å²) in [6.07, 6.45) is 0. The molecule has 22 heavy (non-hydrogen) atoms. The number of nitrogens with zero attached hydrogens (tertiary/aromatic N) is 1. The second-order valence-electron chi connectivity index (χ2n) is 4.86. The molecule has 1 heterocycles. The summed E-state index contributed by atoms with van der Waals surface area (Å²) in [7, 11) is 1.96. The number of hydrogen-bond acceptors (Lipinski definition) is 5. The van der Waals surface area contributed by atoms with Crippen LogP contribution in [0.1, 0.15) is 17.3 Å². The third-order valence-electron chi connectivity index (χ3n) is 3.51. The van der Waals surface area contributed by atoms with E-state index in [1.54, 1.807) is 19.1 Å². The molecule has 5 nitrogen and oxygen atoms in total. The van der Waals surface area contributed by atoms with Crippen molar-refractivity contribution in [2.24, 2.45) is 0 Å². The Hall–Kier alpha value is -2.69. The van der Waals surface area contributed by atoms with Crippen LogP contribution in [0.25, 0.3) is 0 Å². The molecule has 1 aliphatic rings. The van der Waals surface area contributed by atoms with Gasteiger partial charge in [0.05, 0.1) is 12.2 Å². The molecule has 0 bridgehead atoms. The van der Waals surface area contributed by atoms with E-state index in [4.69, 9.17) is 14.2 Å². The maximum Gasteiger partial charge on any atom is 0.338 e. The molecule has 0 unspecified atom stereocenters. The first-order chi connectivity index (χ1) is 10.7. The van der Waals surface area contributed by atoms with E-state index in [0.29, 0.717) is 12.2 Å². The van der Waals surface area contributed by atoms with Gasteiger partial charge >= 0.3 is 5.97 Å². The van der Waals surface area contributed by atoms with Crippen molar-refractivity contribution in [2.75, 3.05) is 25.3 Å². The van der Waals surface area contributed by atoms with E-state index in [2.05, 4.69) is 0 Å². The third-order valence-corrected chi connectivity index (χ3v) is 3.51. The number of carbonyl (C=O) groups excluding carboxylic acids is 1. The van der Waals surface area contributed by atoms with Gasteiger partial charge in [0, 0.05) is 24.5 Å². The van der Waals surface area contributed by atoms with E-state index >= 15 is 0 Å². The molecule has 0 amide bonds. The van der Waals surface area contributed by atoms with Crippen LogP contribution in [0.15, 0.2) is 42.5 Å². The fourth-order valence-corrected chi connectivity index (χ4v) is 2.28. The van der Waals surface area contributed by atoms with E-state index in [0.717, 1.165) is 22.9 Å². The molecular weight excluding hydrogens is 282 g/mol. The van der Waals surface area contributed by atoms with Crippen molar-refractivity contribution in [2.45, 2.75) is 6.92 Å². The number of fused-ring (bicyclic) bond motifs is 1. The van der Waals surface area contributed by atoms with Gasteiger partial charge in [-0.2, -0.15) is 0 Å². The van der Waals surface area contributed by atoms with E-state index in [-0.39, 0.29) is 12.8 Å². The third kappa shape index (κ3) is 2.70. The molecule has 0 fully saturated rings. The highest BCUT2D eigenvalue weighted by atomic mass is 16.7. The lowest BCUT2D eigenvalue weighted by Crippen LogP contribution is -2.10. The van der Waals surface area contributed by atoms with Gasteiger partial charge in [0.1, 0.15) is 0 Å². The number of esters is 1. The molecule has 3 rings (SSSR count). The Kier molecular flexibility index (Phi) is 3.87. The minimum absolute atomic E-state index is 0.261. The molecule has 0 saturated heterocycles. The Balaban J connectivity index is 1.80. The van der Waals surface area contributed by atoms with Gasteiger partial charge < -0.3 is 19.1 Å². The minimum atomic E-state index is -0.306. The highest BCUT2D eigenvalue weighted by Crippen LogP contribution is 2.36. The Labute approximate surface area is 129 Å². The van der Waals surface area contributed by atoms with Gasteiger partial charge in [0.2, 0.25) is 6.79 Å². The molecule has 0 aromatic heterocycles. The van der Waals surface area contributed by atoms with Crippen molar-refractivity contribution in [1.29, 1.82) is 0 Å². The predicted octanol–water partition coefficient (Wildman–Crippen LogP) is 3.36. The van der Waals surface area contributed by atoms with Crippen LogP contribution in [0.5, 0.6) is 11.5 Å². The summed E-state index contributed by atoms with van der Waals surface area (Å²) in [5, 5.41) is 0. The molecule has 1 aliphatic heterocycles. The molecule has 2 aromatic carbocycles. The van der Waals surface area contributed by atoms with Gasteiger partial charge in [-0.15, -0.1) is 0 Å². The molecule has 114 valence electrons. The second-order valence-corrected chi connectivity index (χ2v) is 4.86. The lowest BCUT2D eigenvalue weighted by molar-refractivity contribution is 0.0526. The smallest absolute Gasteiger partial charge is 0.338 e. The molecule has 5 heteroatoms. The standard InChI is InChI=1S/C17H17NO4/c1-3-20-17(19)12-4-6-13(7-5-12)18(2)14-8-9-15-16(10-14)22-11-21-15/h4-10H,3,11H2,1-2H3. The lowest BCUT2D eigenvalue weighted by Gasteiger charge is -2.20. The Morgan fingerprint density at radius 3 is 2.50 bits per heavy atom. The number of ether oxygens (including phenoxy) is 3. The van der Waals surface area contributed by atoms with Gasteiger partial charge in [-0.3, -0.25) is 0 Å². The number of benzene rings is 2. The highest BCUT2D eigenvalue weighted by molar-refractivity contribution is 5.90. The van der Waals surface area contributed by atoms with Crippen LogP contribution in [0.3, 0.4) is 0 Å². The molecule has 0 atom stereocenters. The van der Waals surface area contributed by atoms with Crippen LogP contribution in [0.2, 0.25) is 0 Å². The van der Waals surface area contributed by atoms with Crippen LogP contribution in [-0.4, -0.2) is 26.4 Å². The quantitative estimate of drug-likeness (QED) is 0.810. The van der Waals surface area contributed by atoms with Gasteiger partial charge in [0.25, 0.3) is 0 Å². The molecular formula is C17H17NO4. The van der Waals surface area contributed by atoms with E-state index in [9.17, 15) is 4.79 Å². The average molecular weight is 299 g/mol. The molecule has 2 aromatic rings. The summed E-state index contributed by atoms with van der Waals surface area (Å²) < 4.78 is 15.7. The van der Waals surface area contributed by atoms with Crippen LogP contribution in [0, 0.1) is 0 Å². The van der Waals surface area contributed by atoms with Gasteiger partial charge in [-0.05, 0) is 43.3 Å². The average Bonchev–Trinajstić information content (AvgIpc) is 3.02. The monoisotopic (exact) mass is 299 g/mol. The number of hydrogen-bond donors (Lipinski definition) is 0. The van der Waals surface area contributed by atoms with Crippen LogP contribution in [0.4, 0.5) is 11.4 Å². The van der Waals surface area contributed by atoms with E-state index in [1.165, 1.54) is 0 Å². The molecule has 0 spiro atoms. The first kappa shape index (κ1) is 14.3. The maximum atomic E-state index is 11.7. The summed E-state index contributed by atoms with van der Waals surface area (Å²) in [5.41, 5.74) is 2.49. The topological polar surface area (TPSA) is 48.0 Å². The first-order valence-electron chi connectivity index (χ1n) is 7.09. The summed E-state index contributed by atoms with van der Waals surface area (Å²) in [5.74, 6) is 1.20. The van der Waals surface area contributed by atoms with Crippen molar-refractivity contribution < 1.29 is 19.0 Å². The second kappa shape index (κ2) is 5.97. The minimum Gasteiger partial charge on any atom is -0.462 e. The first-order valence-corrected chi connectivity index (χ1v) is 7.09. The molecule has 0 radical (unpaired) electrons. The zero-order chi connectivity index (χ0) is 15.5. The molecule has 0 aliphatic carbocycles. The summed E-state index contributed by atoms with van der Waals surface area (Å²) in [4.78, 5) is 13.7. The Bertz CT molecular complexity index is 682. The van der Waals surface area contributed by atoms with Gasteiger partial charge in [0.15, 0.2) is 11.5 Å². The number of carbonyl (C=O) groups is 1. The normalized spacial score (nSPS) is 12.1. The number of rotatable bonds is 4. The fraction of sp³-hybridized carbons (Fsp3) is 0.235. The Morgan fingerprint density at radius 1 is 1.09 bits per heavy atom. The summed E-state index contributed by atoms with van der Waals surface area (Å²) in [6.45, 7) is 2.42. The van der Waals surface area contributed by atoms with Crippen molar-refractivity contribution >= 4 is 17.3 Å². The largest absolute Gasteiger partial charge is 0.462 e. The SMILES string of the molecule is CCOC(=O)c1ccc(N(C)c2ccc3c(c2)OCO3)cc1. The van der Waals surface area contributed by atoms with Gasteiger partial charge in [-0.25, -0.2) is 4.79 Å². The summed E-state index contributed by atoms with van der Waals surface area (Å²) in [6, 6.07) is 13.1. The lowest BCUT2D eigenvalue weighted by atomic mass is 10.2. The fourth-order valence-electron chi connectivity index (χ4n) is 2.28. The van der Waals surface area contributed by atoms with E-state index in [1.807, 2.05) is 42.3 Å².